The summed E-state index contributed by atoms with van der Waals surface area (Å²) in [6, 6.07) is 2.06. The van der Waals surface area contributed by atoms with E-state index < -0.39 is 0 Å². The van der Waals surface area contributed by atoms with Crippen molar-refractivity contribution in [1.82, 2.24) is 5.32 Å². The summed E-state index contributed by atoms with van der Waals surface area (Å²) in [5, 5.41) is 6.34. The highest BCUT2D eigenvalue weighted by Gasteiger charge is 2.17. The third-order valence-electron chi connectivity index (χ3n) is 3.86. The number of hydrogen-bond acceptors (Lipinski definition) is 3. The first-order chi connectivity index (χ1) is 9.79. The Kier molecular flexibility index (Phi) is 7.08. The molecule has 2 nitrogen and oxygen atoms in total. The molecule has 0 atom stereocenters. The first kappa shape index (κ1) is 16.0. The van der Waals surface area contributed by atoms with Gasteiger partial charge in [0.2, 0.25) is 0 Å². The Labute approximate surface area is 131 Å². The van der Waals surface area contributed by atoms with Gasteiger partial charge in [-0.1, -0.05) is 36.4 Å². The molecule has 1 aliphatic carbocycles. The third kappa shape index (κ3) is 5.21. The van der Waals surface area contributed by atoms with E-state index in [9.17, 15) is 0 Å². The molecule has 0 radical (unpaired) electrons. The average molecular weight is 314 g/mol. The van der Waals surface area contributed by atoms with Gasteiger partial charge in [-0.3, -0.25) is 0 Å². The molecular weight excluding hydrogens is 290 g/mol. The van der Waals surface area contributed by atoms with E-state index in [2.05, 4.69) is 17.5 Å². The minimum atomic E-state index is 0.736. The molecule has 0 spiro atoms. The van der Waals surface area contributed by atoms with Gasteiger partial charge >= 0.3 is 0 Å². The van der Waals surface area contributed by atoms with Gasteiger partial charge in [0, 0.05) is 30.5 Å². The smallest absolute Gasteiger partial charge is 0.0587 e. The highest BCUT2D eigenvalue weighted by Crippen LogP contribution is 2.32. The fraction of sp³-hybridized carbons (Fsp3) is 0.625. The van der Waals surface area contributed by atoms with Crippen molar-refractivity contribution in [1.29, 1.82) is 0 Å². The Bertz CT molecular complexity index is 424. The molecule has 0 saturated heterocycles. The predicted molar refractivity (Wildman–Crippen MR) is 88.6 cm³/mol. The minimum absolute atomic E-state index is 0.736. The Morgan fingerprint density at radius 2 is 2.25 bits per heavy atom. The molecule has 20 heavy (non-hydrogen) atoms. The number of nitrogens with one attached hydrogen (secondary N) is 1. The maximum Gasteiger partial charge on any atom is 0.0587 e. The number of methoxy groups -OCH3 is 1. The highest BCUT2D eigenvalue weighted by molar-refractivity contribution is 7.11. The van der Waals surface area contributed by atoms with E-state index in [1.54, 1.807) is 18.4 Å². The van der Waals surface area contributed by atoms with E-state index in [-0.39, 0.29) is 0 Å². The van der Waals surface area contributed by atoms with Crippen LogP contribution in [0, 0.1) is 5.92 Å². The van der Waals surface area contributed by atoms with Crippen LogP contribution >= 0.6 is 22.9 Å². The van der Waals surface area contributed by atoms with Crippen molar-refractivity contribution in [3.05, 3.63) is 26.9 Å². The van der Waals surface area contributed by atoms with E-state index in [1.165, 1.54) is 42.6 Å². The zero-order chi connectivity index (χ0) is 14.2. The molecule has 4 heteroatoms. The van der Waals surface area contributed by atoms with Gasteiger partial charge in [0.05, 0.1) is 11.6 Å². The first-order valence-corrected chi connectivity index (χ1v) is 8.69. The Hall–Kier alpha value is -0.350. The van der Waals surface area contributed by atoms with Gasteiger partial charge in [-0.15, -0.1) is 11.3 Å². The molecule has 0 aromatic carbocycles. The zero-order valence-electron chi connectivity index (χ0n) is 12.2. The maximum absolute atomic E-state index is 6.02. The molecule has 112 valence electrons. The van der Waals surface area contributed by atoms with E-state index in [4.69, 9.17) is 16.3 Å². The van der Waals surface area contributed by atoms with Crippen LogP contribution in [0.15, 0.2) is 17.0 Å². The third-order valence-corrected chi connectivity index (χ3v) is 5.08. The lowest BCUT2D eigenvalue weighted by Crippen LogP contribution is -2.25. The van der Waals surface area contributed by atoms with Gasteiger partial charge < -0.3 is 10.1 Å². The van der Waals surface area contributed by atoms with Crippen LogP contribution < -0.4 is 5.32 Å². The highest BCUT2D eigenvalue weighted by atomic mass is 35.5. The summed E-state index contributed by atoms with van der Waals surface area (Å²) in [7, 11) is 1.74. The van der Waals surface area contributed by atoms with Crippen LogP contribution in [0.5, 0.6) is 0 Å². The lowest BCUT2D eigenvalue weighted by Gasteiger charge is -2.25. The van der Waals surface area contributed by atoms with E-state index in [0.29, 0.717) is 0 Å². The van der Waals surface area contributed by atoms with Crippen molar-refractivity contribution in [3.8, 4) is 0 Å². The maximum atomic E-state index is 6.02. The van der Waals surface area contributed by atoms with E-state index in [1.807, 2.05) is 5.38 Å². The van der Waals surface area contributed by atoms with Gasteiger partial charge in [0.1, 0.15) is 0 Å². The number of rotatable bonds is 7. The molecular formula is C16H24ClNOS. The fourth-order valence-corrected chi connectivity index (χ4v) is 3.83. The van der Waals surface area contributed by atoms with Crippen LogP contribution in [0.4, 0.5) is 0 Å². The van der Waals surface area contributed by atoms with Crippen LogP contribution in [0.2, 0.25) is 5.02 Å². The Balaban J connectivity index is 2.00. The molecule has 0 unspecified atom stereocenters. The normalized spacial score (nSPS) is 17.6. The summed E-state index contributed by atoms with van der Waals surface area (Å²) in [6.07, 6.45) is 9.13. The molecule has 0 amide bonds. The van der Waals surface area contributed by atoms with Gasteiger partial charge in [-0.2, -0.15) is 0 Å². The molecule has 1 heterocycles. The fourth-order valence-electron chi connectivity index (χ4n) is 2.78. The van der Waals surface area contributed by atoms with Crippen molar-refractivity contribution in [3.63, 3.8) is 0 Å². The van der Waals surface area contributed by atoms with Crippen LogP contribution in [-0.2, 0) is 4.74 Å². The molecule has 1 aromatic heterocycles. The molecule has 1 aromatic rings. The number of halogens is 1. The molecule has 1 aliphatic rings. The van der Waals surface area contributed by atoms with Crippen molar-refractivity contribution in [2.24, 2.45) is 5.92 Å². The summed E-state index contributed by atoms with van der Waals surface area (Å²) in [5.74, 6) is 0.736. The summed E-state index contributed by atoms with van der Waals surface area (Å²) in [4.78, 5) is 1.27. The summed E-state index contributed by atoms with van der Waals surface area (Å²) >= 11 is 7.75. The molecule has 2 rings (SSSR count). The van der Waals surface area contributed by atoms with Gasteiger partial charge in [0.25, 0.3) is 0 Å². The lowest BCUT2D eigenvalue weighted by atomic mass is 9.83. The largest absolute Gasteiger partial charge is 0.383 e. The molecule has 0 aliphatic heterocycles. The monoisotopic (exact) mass is 313 g/mol. The number of thiophene rings is 1. The van der Waals surface area contributed by atoms with Crippen molar-refractivity contribution in [2.75, 3.05) is 26.8 Å². The van der Waals surface area contributed by atoms with E-state index >= 15 is 0 Å². The first-order valence-electron chi connectivity index (χ1n) is 7.43. The van der Waals surface area contributed by atoms with Crippen LogP contribution in [0.25, 0.3) is 6.08 Å². The van der Waals surface area contributed by atoms with Crippen molar-refractivity contribution >= 4 is 29.0 Å². The van der Waals surface area contributed by atoms with Crippen molar-refractivity contribution in [2.45, 2.75) is 32.1 Å². The van der Waals surface area contributed by atoms with Crippen LogP contribution in [-0.4, -0.2) is 26.8 Å². The quantitative estimate of drug-likeness (QED) is 0.743. The van der Waals surface area contributed by atoms with Crippen LogP contribution in [0.3, 0.4) is 0 Å². The number of hydrogen-bond donors (Lipinski definition) is 1. The van der Waals surface area contributed by atoms with Gasteiger partial charge in [-0.25, -0.2) is 0 Å². The molecule has 1 N–H and O–H groups in total. The second kappa shape index (κ2) is 8.83. The summed E-state index contributed by atoms with van der Waals surface area (Å²) in [6.45, 7) is 2.64. The Morgan fingerprint density at radius 1 is 1.45 bits per heavy atom. The van der Waals surface area contributed by atoms with Gasteiger partial charge in [0.15, 0.2) is 0 Å². The summed E-state index contributed by atoms with van der Waals surface area (Å²) in [5.41, 5.74) is 1.53. The standard InChI is InChI=1S/C16H24ClNOS/c1-19-8-7-18-11-14(13-5-3-2-4-6-13)9-16-10-15(17)12-20-16/h9-10,12-13,18H,2-8,11H2,1H3. The molecule has 1 saturated carbocycles. The van der Waals surface area contributed by atoms with Crippen molar-refractivity contribution < 1.29 is 4.74 Å². The average Bonchev–Trinajstić information content (AvgIpc) is 2.88. The number of ether oxygens (including phenoxy) is 1. The minimum Gasteiger partial charge on any atom is -0.383 e. The lowest BCUT2D eigenvalue weighted by molar-refractivity contribution is 0.200. The molecule has 1 fully saturated rings. The SMILES string of the molecule is COCCNCC(=Cc1cc(Cl)cs1)C1CCCCC1. The van der Waals surface area contributed by atoms with Crippen LogP contribution in [0.1, 0.15) is 37.0 Å². The summed E-state index contributed by atoms with van der Waals surface area (Å²) < 4.78 is 5.09. The topological polar surface area (TPSA) is 21.3 Å². The van der Waals surface area contributed by atoms with E-state index in [0.717, 1.165) is 30.6 Å². The van der Waals surface area contributed by atoms with Gasteiger partial charge in [-0.05, 0) is 30.9 Å². The second-order valence-electron chi connectivity index (χ2n) is 5.39. The predicted octanol–water partition coefficient (Wildman–Crippen LogP) is 4.60. The zero-order valence-corrected chi connectivity index (χ0v) is 13.7. The second-order valence-corrected chi connectivity index (χ2v) is 6.77. The Morgan fingerprint density at radius 3 is 2.90 bits per heavy atom. The molecule has 0 bridgehead atoms.